The molecule has 19 heavy (non-hydrogen) atoms. The highest BCUT2D eigenvalue weighted by Gasteiger charge is 2.25. The smallest absolute Gasteiger partial charge is 0.230 e. The summed E-state index contributed by atoms with van der Waals surface area (Å²) in [6.07, 6.45) is 2.22. The monoisotopic (exact) mass is 273 g/mol. The van der Waals surface area contributed by atoms with Crippen LogP contribution in [0.15, 0.2) is 5.16 Å². The highest BCUT2D eigenvalue weighted by molar-refractivity contribution is 6.02. The van der Waals surface area contributed by atoms with E-state index in [1.807, 2.05) is 6.92 Å². The van der Waals surface area contributed by atoms with Crippen LogP contribution in [-0.4, -0.2) is 37.2 Å². The Kier molecular flexibility index (Phi) is 8.14. The number of carbonyl (C=O) groups excluding carboxylic acids is 1. The summed E-state index contributed by atoms with van der Waals surface area (Å²) in [5, 5.41) is 14.5. The van der Waals surface area contributed by atoms with Crippen LogP contribution in [0.25, 0.3) is 0 Å². The SMILES string of the molecule is CCCC(C(=O)NCC(C)(C)CCOC)C(N)=NO. The van der Waals surface area contributed by atoms with Crippen LogP contribution in [0.1, 0.15) is 40.0 Å². The molecule has 0 heterocycles. The molecule has 6 nitrogen and oxygen atoms in total. The first kappa shape index (κ1) is 17.7. The number of ether oxygens (including phenoxy) is 1. The molecule has 1 atom stereocenters. The fraction of sp³-hybridized carbons (Fsp3) is 0.846. The van der Waals surface area contributed by atoms with E-state index < -0.39 is 5.92 Å². The summed E-state index contributed by atoms with van der Waals surface area (Å²) in [6, 6.07) is 0. The molecule has 0 fully saturated rings. The van der Waals surface area contributed by atoms with Crippen LogP contribution in [0.4, 0.5) is 0 Å². The van der Waals surface area contributed by atoms with E-state index in [-0.39, 0.29) is 17.2 Å². The van der Waals surface area contributed by atoms with Gasteiger partial charge in [-0.25, -0.2) is 0 Å². The summed E-state index contributed by atoms with van der Waals surface area (Å²) < 4.78 is 5.04. The minimum atomic E-state index is -0.562. The molecule has 0 rings (SSSR count). The Morgan fingerprint density at radius 3 is 2.63 bits per heavy atom. The zero-order valence-electron chi connectivity index (χ0n) is 12.4. The fourth-order valence-electron chi connectivity index (χ4n) is 1.69. The van der Waals surface area contributed by atoms with Gasteiger partial charge in [0, 0.05) is 20.3 Å². The number of nitrogens with two attached hydrogens (primary N) is 1. The molecular weight excluding hydrogens is 246 g/mol. The van der Waals surface area contributed by atoms with Crippen molar-refractivity contribution in [2.45, 2.75) is 40.0 Å². The third-order valence-corrected chi connectivity index (χ3v) is 3.09. The normalized spacial score (nSPS) is 14.2. The van der Waals surface area contributed by atoms with Crippen molar-refractivity contribution in [1.82, 2.24) is 5.32 Å². The van der Waals surface area contributed by atoms with Gasteiger partial charge in [-0.15, -0.1) is 0 Å². The van der Waals surface area contributed by atoms with Crippen molar-refractivity contribution in [3.05, 3.63) is 0 Å². The Bertz CT molecular complexity index is 304. The second-order valence-corrected chi connectivity index (χ2v) is 5.49. The lowest BCUT2D eigenvalue weighted by molar-refractivity contribution is -0.123. The standard InChI is InChI=1S/C13H27N3O3/c1-5-6-10(11(14)16-18)12(17)15-9-13(2,3)7-8-19-4/h10,18H,5-9H2,1-4H3,(H2,14,16)(H,15,17). The molecule has 0 saturated carbocycles. The average Bonchev–Trinajstić information content (AvgIpc) is 2.39. The molecular formula is C13H27N3O3. The number of nitrogens with one attached hydrogen (secondary N) is 1. The summed E-state index contributed by atoms with van der Waals surface area (Å²) >= 11 is 0. The molecule has 0 aliphatic rings. The summed E-state index contributed by atoms with van der Waals surface area (Å²) in [7, 11) is 1.66. The molecule has 1 unspecified atom stereocenters. The third kappa shape index (κ3) is 7.00. The maximum absolute atomic E-state index is 12.0. The summed E-state index contributed by atoms with van der Waals surface area (Å²) in [4.78, 5) is 12.0. The van der Waals surface area contributed by atoms with E-state index in [0.29, 0.717) is 19.6 Å². The Labute approximate surface area is 115 Å². The average molecular weight is 273 g/mol. The molecule has 112 valence electrons. The molecule has 0 aromatic carbocycles. The topological polar surface area (TPSA) is 96.9 Å². The molecule has 0 aliphatic heterocycles. The lowest BCUT2D eigenvalue weighted by atomic mass is 9.89. The van der Waals surface area contributed by atoms with Gasteiger partial charge in [0.1, 0.15) is 0 Å². The van der Waals surface area contributed by atoms with Crippen LogP contribution < -0.4 is 11.1 Å². The van der Waals surface area contributed by atoms with E-state index in [9.17, 15) is 4.79 Å². The first-order chi connectivity index (χ1) is 8.87. The van der Waals surface area contributed by atoms with Crippen molar-refractivity contribution in [3.63, 3.8) is 0 Å². The van der Waals surface area contributed by atoms with E-state index in [1.54, 1.807) is 7.11 Å². The Balaban J connectivity index is 4.41. The molecule has 0 aromatic heterocycles. The number of rotatable bonds is 9. The van der Waals surface area contributed by atoms with E-state index in [4.69, 9.17) is 15.7 Å². The van der Waals surface area contributed by atoms with E-state index in [0.717, 1.165) is 12.8 Å². The predicted octanol–water partition coefficient (Wildman–Crippen LogP) is 1.33. The van der Waals surface area contributed by atoms with Crippen molar-refractivity contribution >= 4 is 11.7 Å². The zero-order valence-corrected chi connectivity index (χ0v) is 12.4. The molecule has 0 saturated heterocycles. The van der Waals surface area contributed by atoms with E-state index >= 15 is 0 Å². The Morgan fingerprint density at radius 2 is 2.16 bits per heavy atom. The maximum Gasteiger partial charge on any atom is 0.230 e. The lowest BCUT2D eigenvalue weighted by Crippen LogP contribution is -2.42. The summed E-state index contributed by atoms with van der Waals surface area (Å²) in [5.41, 5.74) is 5.49. The van der Waals surface area contributed by atoms with Gasteiger partial charge in [-0.05, 0) is 18.3 Å². The largest absolute Gasteiger partial charge is 0.409 e. The number of hydrogen-bond donors (Lipinski definition) is 3. The van der Waals surface area contributed by atoms with Gasteiger partial charge in [0.05, 0.1) is 5.92 Å². The number of carbonyl (C=O) groups is 1. The highest BCUT2D eigenvalue weighted by Crippen LogP contribution is 2.19. The number of hydrogen-bond acceptors (Lipinski definition) is 4. The van der Waals surface area contributed by atoms with Crippen molar-refractivity contribution in [3.8, 4) is 0 Å². The van der Waals surface area contributed by atoms with Gasteiger partial charge in [0.2, 0.25) is 5.91 Å². The number of oxime groups is 1. The fourth-order valence-corrected chi connectivity index (χ4v) is 1.69. The number of nitrogens with zero attached hydrogens (tertiary/aromatic N) is 1. The van der Waals surface area contributed by atoms with E-state index in [2.05, 4.69) is 24.3 Å². The van der Waals surface area contributed by atoms with Gasteiger partial charge in [0.15, 0.2) is 5.84 Å². The maximum atomic E-state index is 12.0. The van der Waals surface area contributed by atoms with Crippen molar-refractivity contribution in [1.29, 1.82) is 0 Å². The van der Waals surface area contributed by atoms with E-state index in [1.165, 1.54) is 0 Å². The van der Waals surface area contributed by atoms with Gasteiger partial charge >= 0.3 is 0 Å². The lowest BCUT2D eigenvalue weighted by Gasteiger charge is -2.25. The molecule has 6 heteroatoms. The summed E-state index contributed by atoms with van der Waals surface area (Å²) in [5.74, 6) is -0.787. The zero-order chi connectivity index (χ0) is 14.9. The molecule has 0 bridgehead atoms. The van der Waals surface area contributed by atoms with Crippen LogP contribution in [0.3, 0.4) is 0 Å². The van der Waals surface area contributed by atoms with Gasteiger partial charge in [-0.3, -0.25) is 4.79 Å². The Hall–Kier alpha value is -1.30. The second kappa shape index (κ2) is 8.74. The van der Waals surface area contributed by atoms with Crippen LogP contribution in [0.5, 0.6) is 0 Å². The van der Waals surface area contributed by atoms with Crippen LogP contribution in [0, 0.1) is 11.3 Å². The molecule has 0 radical (unpaired) electrons. The summed E-state index contributed by atoms with van der Waals surface area (Å²) in [6.45, 7) is 7.26. The van der Waals surface area contributed by atoms with Gasteiger partial charge in [-0.1, -0.05) is 32.3 Å². The second-order valence-electron chi connectivity index (χ2n) is 5.49. The van der Waals surface area contributed by atoms with Gasteiger partial charge in [0.25, 0.3) is 0 Å². The quantitative estimate of drug-likeness (QED) is 0.255. The highest BCUT2D eigenvalue weighted by atomic mass is 16.5. The van der Waals surface area contributed by atoms with Crippen LogP contribution >= 0.6 is 0 Å². The first-order valence-electron chi connectivity index (χ1n) is 6.62. The van der Waals surface area contributed by atoms with Gasteiger partial charge < -0.3 is 21.0 Å². The predicted molar refractivity (Wildman–Crippen MR) is 75.1 cm³/mol. The Morgan fingerprint density at radius 1 is 1.53 bits per heavy atom. The molecule has 0 aliphatic carbocycles. The number of amidine groups is 1. The minimum Gasteiger partial charge on any atom is -0.409 e. The minimum absolute atomic E-state index is 0.0333. The van der Waals surface area contributed by atoms with Crippen molar-refractivity contribution in [2.24, 2.45) is 22.2 Å². The van der Waals surface area contributed by atoms with Crippen LogP contribution in [0.2, 0.25) is 0 Å². The molecule has 4 N–H and O–H groups in total. The van der Waals surface area contributed by atoms with Crippen molar-refractivity contribution in [2.75, 3.05) is 20.3 Å². The number of amides is 1. The first-order valence-corrected chi connectivity index (χ1v) is 6.62. The molecule has 0 aromatic rings. The van der Waals surface area contributed by atoms with Gasteiger partial charge in [-0.2, -0.15) is 0 Å². The third-order valence-electron chi connectivity index (χ3n) is 3.09. The van der Waals surface area contributed by atoms with Crippen molar-refractivity contribution < 1.29 is 14.7 Å². The molecule has 1 amide bonds. The van der Waals surface area contributed by atoms with Crippen LogP contribution in [-0.2, 0) is 9.53 Å². The number of methoxy groups -OCH3 is 1. The molecule has 0 spiro atoms.